The van der Waals surface area contributed by atoms with Crippen LogP contribution in [0.1, 0.15) is 42.4 Å². The van der Waals surface area contributed by atoms with Gasteiger partial charge in [0, 0.05) is 32.2 Å². The van der Waals surface area contributed by atoms with Crippen LogP contribution in [0.25, 0.3) is 0 Å². The maximum atomic E-state index is 13.4. The lowest BCUT2D eigenvalue weighted by Gasteiger charge is -2.50. The molecule has 1 amide bonds. The zero-order valence-corrected chi connectivity index (χ0v) is 20.6. The second-order valence-corrected chi connectivity index (χ2v) is 9.32. The average Bonchev–Trinajstić information content (AvgIpc) is 2.76. The Hall–Kier alpha value is -0.850. The molecular formula is C24H39Cl2N3O2. The van der Waals surface area contributed by atoms with Gasteiger partial charge in [-0.15, -0.1) is 24.8 Å². The summed E-state index contributed by atoms with van der Waals surface area (Å²) in [5.74, 6) is 0.769. The van der Waals surface area contributed by atoms with Crippen molar-refractivity contribution in [1.29, 1.82) is 0 Å². The van der Waals surface area contributed by atoms with E-state index < -0.39 is 0 Å². The van der Waals surface area contributed by atoms with E-state index in [1.807, 2.05) is 0 Å². The Bertz CT molecular complexity index is 727. The van der Waals surface area contributed by atoms with Gasteiger partial charge < -0.3 is 15.4 Å². The smallest absolute Gasteiger partial charge is 0.227 e. The minimum atomic E-state index is -0.218. The van der Waals surface area contributed by atoms with Crippen LogP contribution in [0.5, 0.6) is 0 Å². The highest BCUT2D eigenvalue weighted by Crippen LogP contribution is 2.46. The van der Waals surface area contributed by atoms with Crippen LogP contribution in [-0.2, 0) is 16.0 Å². The van der Waals surface area contributed by atoms with Gasteiger partial charge in [-0.05, 0) is 75.1 Å². The number of fused-ring (bicyclic) bond motifs is 1. The molecule has 1 aromatic rings. The Labute approximate surface area is 199 Å². The monoisotopic (exact) mass is 471 g/mol. The van der Waals surface area contributed by atoms with Crippen molar-refractivity contribution in [3.63, 3.8) is 0 Å². The van der Waals surface area contributed by atoms with Gasteiger partial charge in [-0.1, -0.05) is 18.2 Å². The fourth-order valence-corrected chi connectivity index (χ4v) is 5.62. The van der Waals surface area contributed by atoms with Gasteiger partial charge in [-0.25, -0.2) is 0 Å². The van der Waals surface area contributed by atoms with Crippen LogP contribution in [0.4, 0.5) is 0 Å². The molecule has 31 heavy (non-hydrogen) atoms. The van der Waals surface area contributed by atoms with Crippen LogP contribution in [0, 0.1) is 25.2 Å². The quantitative estimate of drug-likeness (QED) is 0.691. The highest BCUT2D eigenvalue weighted by molar-refractivity contribution is 5.85. The number of rotatable bonds is 5. The summed E-state index contributed by atoms with van der Waals surface area (Å²) in [7, 11) is 0. The minimum Gasteiger partial charge on any atom is -0.379 e. The molecule has 5 nitrogen and oxygen atoms in total. The molecule has 0 bridgehead atoms. The second-order valence-electron chi connectivity index (χ2n) is 9.32. The first-order valence-corrected chi connectivity index (χ1v) is 11.5. The summed E-state index contributed by atoms with van der Waals surface area (Å²) in [6, 6.07) is 7.24. The molecule has 176 valence electrons. The fourth-order valence-electron chi connectivity index (χ4n) is 5.62. The molecule has 2 N–H and O–H groups in total. The second kappa shape index (κ2) is 11.9. The Morgan fingerprint density at radius 2 is 1.97 bits per heavy atom. The van der Waals surface area contributed by atoms with E-state index in [1.165, 1.54) is 16.7 Å². The zero-order valence-electron chi connectivity index (χ0n) is 19.0. The van der Waals surface area contributed by atoms with Gasteiger partial charge in [0.1, 0.15) is 0 Å². The van der Waals surface area contributed by atoms with E-state index in [4.69, 9.17) is 4.74 Å². The molecule has 3 aliphatic rings. The number of halogens is 2. The van der Waals surface area contributed by atoms with Crippen LogP contribution in [0.2, 0.25) is 0 Å². The predicted molar refractivity (Wildman–Crippen MR) is 131 cm³/mol. The third kappa shape index (κ3) is 5.94. The summed E-state index contributed by atoms with van der Waals surface area (Å²) in [6.45, 7) is 10.7. The molecule has 0 aromatic heterocycles. The largest absolute Gasteiger partial charge is 0.379 e. The van der Waals surface area contributed by atoms with Crippen LogP contribution < -0.4 is 10.6 Å². The number of carbonyl (C=O) groups is 1. The lowest BCUT2D eigenvalue weighted by molar-refractivity contribution is -0.140. The first-order valence-electron chi connectivity index (χ1n) is 11.5. The number of piperidine rings is 1. The minimum absolute atomic E-state index is 0. The Morgan fingerprint density at radius 1 is 1.19 bits per heavy atom. The van der Waals surface area contributed by atoms with Gasteiger partial charge in [0.2, 0.25) is 5.91 Å². The fraction of sp³-hybridized carbons (Fsp3) is 0.708. The highest BCUT2D eigenvalue weighted by Gasteiger charge is 2.50. The van der Waals surface area contributed by atoms with Crippen molar-refractivity contribution < 1.29 is 9.53 Å². The Balaban J connectivity index is 0.00000171. The standard InChI is InChI=1S/C24H37N3O2.2ClH/c1-18-3-4-20(15-19(18)2)6-10-26-23(28)24-8-5-22(27-11-13-29-14-12-27)16-21(24)7-9-25-17-24;;/h3-4,15,21-22,25H,5-14,16-17H2,1-2H3,(H,26,28);2*1H/t21-,22+,24-;;/m1../s1. The lowest BCUT2D eigenvalue weighted by Crippen LogP contribution is -2.60. The van der Waals surface area contributed by atoms with Gasteiger partial charge in [0.05, 0.1) is 18.6 Å². The van der Waals surface area contributed by atoms with Gasteiger partial charge in [-0.3, -0.25) is 9.69 Å². The first-order chi connectivity index (χ1) is 14.1. The maximum Gasteiger partial charge on any atom is 0.227 e. The van der Waals surface area contributed by atoms with E-state index in [0.717, 1.165) is 78.0 Å². The summed E-state index contributed by atoms with van der Waals surface area (Å²) in [5, 5.41) is 6.83. The molecule has 0 spiro atoms. The average molecular weight is 473 g/mol. The molecule has 3 fully saturated rings. The number of benzene rings is 1. The number of aryl methyl sites for hydroxylation is 2. The number of nitrogens with zero attached hydrogens (tertiary/aromatic N) is 1. The van der Waals surface area contributed by atoms with Crippen LogP contribution >= 0.6 is 24.8 Å². The molecule has 2 aliphatic heterocycles. The molecular weight excluding hydrogens is 433 g/mol. The molecule has 1 saturated carbocycles. The zero-order chi connectivity index (χ0) is 20.3. The van der Waals surface area contributed by atoms with Crippen molar-refractivity contribution in [3.8, 4) is 0 Å². The number of morpholine rings is 1. The topological polar surface area (TPSA) is 53.6 Å². The molecule has 2 heterocycles. The van der Waals surface area contributed by atoms with Gasteiger partial charge in [-0.2, -0.15) is 0 Å². The molecule has 4 rings (SSSR count). The SMILES string of the molecule is Cc1ccc(CCNC(=O)[C@@]23CC[C@H](N4CCOCC4)C[C@H]2CCNC3)cc1C.Cl.Cl. The summed E-state index contributed by atoms with van der Waals surface area (Å²) in [6.07, 6.45) is 5.31. The van der Waals surface area contributed by atoms with Crippen molar-refractivity contribution in [2.45, 2.75) is 52.0 Å². The van der Waals surface area contributed by atoms with E-state index in [2.05, 4.69) is 47.6 Å². The number of hydrogen-bond donors (Lipinski definition) is 2. The first kappa shape index (κ1) is 26.4. The molecule has 1 aliphatic carbocycles. The number of hydrogen-bond acceptors (Lipinski definition) is 4. The van der Waals surface area contributed by atoms with Crippen molar-refractivity contribution >= 4 is 30.7 Å². The van der Waals surface area contributed by atoms with Crippen LogP contribution in [0.3, 0.4) is 0 Å². The van der Waals surface area contributed by atoms with E-state index in [9.17, 15) is 4.79 Å². The Morgan fingerprint density at radius 3 is 2.71 bits per heavy atom. The third-order valence-electron chi connectivity index (χ3n) is 7.66. The van der Waals surface area contributed by atoms with Crippen molar-refractivity contribution in [1.82, 2.24) is 15.5 Å². The summed E-state index contributed by atoms with van der Waals surface area (Å²) in [5.41, 5.74) is 3.74. The van der Waals surface area contributed by atoms with Crippen LogP contribution in [-0.4, -0.2) is 62.8 Å². The van der Waals surface area contributed by atoms with Crippen molar-refractivity contribution in [2.75, 3.05) is 45.9 Å². The summed E-state index contributed by atoms with van der Waals surface area (Å²) < 4.78 is 5.53. The number of nitrogens with one attached hydrogen (secondary N) is 2. The number of ether oxygens (including phenoxy) is 1. The van der Waals surface area contributed by atoms with E-state index in [1.54, 1.807) is 0 Å². The number of amides is 1. The van der Waals surface area contributed by atoms with E-state index >= 15 is 0 Å². The molecule has 0 radical (unpaired) electrons. The highest BCUT2D eigenvalue weighted by atomic mass is 35.5. The van der Waals surface area contributed by atoms with Gasteiger partial charge >= 0.3 is 0 Å². The van der Waals surface area contributed by atoms with Crippen molar-refractivity contribution in [2.24, 2.45) is 11.3 Å². The maximum absolute atomic E-state index is 13.4. The molecule has 2 saturated heterocycles. The van der Waals surface area contributed by atoms with Crippen LogP contribution in [0.15, 0.2) is 18.2 Å². The van der Waals surface area contributed by atoms with Gasteiger partial charge in [0.25, 0.3) is 0 Å². The molecule has 7 heteroatoms. The number of carbonyl (C=O) groups excluding carboxylic acids is 1. The summed E-state index contributed by atoms with van der Waals surface area (Å²) in [4.78, 5) is 16.0. The van der Waals surface area contributed by atoms with Crippen molar-refractivity contribution in [3.05, 3.63) is 34.9 Å². The molecule has 1 aromatic carbocycles. The Kier molecular flexibility index (Phi) is 10.1. The third-order valence-corrected chi connectivity index (χ3v) is 7.66. The molecule has 0 unspecified atom stereocenters. The lowest BCUT2D eigenvalue weighted by atomic mass is 9.61. The van der Waals surface area contributed by atoms with E-state index in [-0.39, 0.29) is 36.1 Å². The van der Waals surface area contributed by atoms with Gasteiger partial charge in [0.15, 0.2) is 0 Å². The summed E-state index contributed by atoms with van der Waals surface area (Å²) >= 11 is 0. The van der Waals surface area contributed by atoms with E-state index in [0.29, 0.717) is 12.0 Å². The normalized spacial score (nSPS) is 28.6. The predicted octanol–water partition coefficient (Wildman–Crippen LogP) is 3.29. The molecule has 3 atom stereocenters.